The van der Waals surface area contributed by atoms with Crippen LogP contribution in [0.4, 0.5) is 5.82 Å². The van der Waals surface area contributed by atoms with E-state index in [1.807, 2.05) is 13.0 Å². The van der Waals surface area contributed by atoms with Gasteiger partial charge in [-0.2, -0.15) is 5.26 Å². The van der Waals surface area contributed by atoms with Crippen LogP contribution in [-0.2, 0) is 0 Å². The molecule has 17 heavy (non-hydrogen) atoms. The molecule has 0 saturated heterocycles. The van der Waals surface area contributed by atoms with Crippen LogP contribution in [0.15, 0.2) is 29.0 Å². The van der Waals surface area contributed by atoms with Crippen molar-refractivity contribution in [3.63, 3.8) is 0 Å². The average molecular weight is 230 g/mol. The number of nitrogens with zero attached hydrogens (tertiary/aromatic N) is 3. The molecular formula is C12H14N4O. The van der Waals surface area contributed by atoms with E-state index in [9.17, 15) is 0 Å². The summed E-state index contributed by atoms with van der Waals surface area (Å²) in [7, 11) is 0. The van der Waals surface area contributed by atoms with Gasteiger partial charge in [0, 0.05) is 19.0 Å². The molecule has 1 rings (SSSR count). The number of aromatic nitrogens is 1. The summed E-state index contributed by atoms with van der Waals surface area (Å²) in [6.07, 6.45) is 4.90. The Morgan fingerprint density at radius 3 is 3.00 bits per heavy atom. The lowest BCUT2D eigenvalue weighted by Gasteiger charge is -1.99. The first-order valence-corrected chi connectivity index (χ1v) is 5.13. The number of hydrogen-bond donors (Lipinski definition) is 2. The number of nitrogens with two attached hydrogens (primary N) is 1. The first kappa shape index (κ1) is 12.9. The smallest absolute Gasteiger partial charge is 0.152 e. The highest BCUT2D eigenvalue weighted by atomic mass is 16.2. The monoisotopic (exact) mass is 230 g/mol. The van der Waals surface area contributed by atoms with Gasteiger partial charge < -0.3 is 10.8 Å². The van der Waals surface area contributed by atoms with Gasteiger partial charge in [0.05, 0.1) is 5.56 Å². The van der Waals surface area contributed by atoms with E-state index in [1.165, 1.54) is 12.4 Å². The lowest BCUT2D eigenvalue weighted by molar-refractivity contribution is 0.301. The van der Waals surface area contributed by atoms with Crippen molar-refractivity contribution < 1.29 is 5.11 Å². The fraction of sp³-hybridized carbons (Fsp3) is 0.250. The van der Waals surface area contributed by atoms with E-state index in [1.54, 1.807) is 12.3 Å². The molecule has 0 atom stereocenters. The number of hydrogen-bond acceptors (Lipinski definition) is 5. The fourth-order valence-corrected chi connectivity index (χ4v) is 1.20. The zero-order valence-electron chi connectivity index (χ0n) is 9.59. The molecule has 0 aliphatic rings. The topological polar surface area (TPSA) is 95.3 Å². The van der Waals surface area contributed by atoms with Crippen LogP contribution in [0.1, 0.15) is 17.5 Å². The second-order valence-electron chi connectivity index (χ2n) is 3.44. The van der Waals surface area contributed by atoms with Gasteiger partial charge >= 0.3 is 0 Å². The summed E-state index contributed by atoms with van der Waals surface area (Å²) in [6, 6.07) is 3.76. The lowest BCUT2D eigenvalue weighted by Crippen LogP contribution is -1.94. The normalized spacial score (nSPS) is 11.7. The number of nitriles is 1. The van der Waals surface area contributed by atoms with Crippen LogP contribution in [0.2, 0.25) is 0 Å². The largest absolute Gasteiger partial charge is 0.404 e. The van der Waals surface area contributed by atoms with Gasteiger partial charge in [-0.1, -0.05) is 0 Å². The predicted octanol–water partition coefficient (Wildman–Crippen LogP) is 1.19. The van der Waals surface area contributed by atoms with Gasteiger partial charge in [0.15, 0.2) is 5.82 Å². The molecule has 0 unspecified atom stereocenters. The predicted molar refractivity (Wildman–Crippen MR) is 65.8 cm³/mol. The Hall–Kier alpha value is -2.19. The standard InChI is InChI=1S/C12H14N4O/c1-9-4-12(16-8-11(9)6-14)15-7-10(5-13)2-3-17/h4-5,7-8,17H,2-3,13H2,1H3. The minimum atomic E-state index is 0.0227. The molecule has 1 heterocycles. The molecular weight excluding hydrogens is 216 g/mol. The molecule has 3 N–H and O–H groups in total. The maximum absolute atomic E-state index is 8.77. The van der Waals surface area contributed by atoms with Gasteiger partial charge in [0.25, 0.3) is 0 Å². The van der Waals surface area contributed by atoms with E-state index in [2.05, 4.69) is 9.98 Å². The number of aliphatic imine (C=N–C) groups is 1. The number of pyridine rings is 1. The summed E-state index contributed by atoms with van der Waals surface area (Å²) >= 11 is 0. The average Bonchev–Trinajstić information content (AvgIpc) is 2.34. The molecule has 0 fully saturated rings. The minimum absolute atomic E-state index is 0.0227. The molecule has 1 aromatic heterocycles. The van der Waals surface area contributed by atoms with Crippen molar-refractivity contribution in [1.82, 2.24) is 4.98 Å². The zero-order chi connectivity index (χ0) is 12.7. The second-order valence-corrected chi connectivity index (χ2v) is 3.44. The Bertz CT molecular complexity index is 486. The van der Waals surface area contributed by atoms with Crippen molar-refractivity contribution in [2.75, 3.05) is 6.61 Å². The maximum atomic E-state index is 8.77. The van der Waals surface area contributed by atoms with Crippen molar-refractivity contribution >= 4 is 12.0 Å². The summed E-state index contributed by atoms with van der Waals surface area (Å²) in [5.74, 6) is 0.513. The number of aryl methyl sites for hydroxylation is 1. The minimum Gasteiger partial charge on any atom is -0.404 e. The summed E-state index contributed by atoms with van der Waals surface area (Å²) in [6.45, 7) is 1.85. The van der Waals surface area contributed by atoms with Crippen molar-refractivity contribution in [1.29, 1.82) is 5.26 Å². The van der Waals surface area contributed by atoms with Gasteiger partial charge in [-0.15, -0.1) is 0 Å². The van der Waals surface area contributed by atoms with E-state index in [0.717, 1.165) is 11.1 Å². The van der Waals surface area contributed by atoms with E-state index in [0.29, 0.717) is 17.8 Å². The molecule has 0 aliphatic heterocycles. The van der Waals surface area contributed by atoms with Crippen molar-refractivity contribution in [3.05, 3.63) is 35.2 Å². The maximum Gasteiger partial charge on any atom is 0.152 e. The molecule has 0 bridgehead atoms. The highest BCUT2D eigenvalue weighted by molar-refractivity contribution is 5.80. The van der Waals surface area contributed by atoms with E-state index < -0.39 is 0 Å². The molecule has 1 aromatic rings. The van der Waals surface area contributed by atoms with E-state index >= 15 is 0 Å². The zero-order valence-corrected chi connectivity index (χ0v) is 9.59. The molecule has 0 radical (unpaired) electrons. The van der Waals surface area contributed by atoms with Crippen LogP contribution < -0.4 is 5.73 Å². The number of aliphatic hydroxyl groups excluding tert-OH is 1. The van der Waals surface area contributed by atoms with Crippen LogP contribution in [0.25, 0.3) is 0 Å². The lowest BCUT2D eigenvalue weighted by atomic mass is 10.2. The Morgan fingerprint density at radius 2 is 2.47 bits per heavy atom. The molecule has 5 heteroatoms. The molecule has 0 aromatic carbocycles. The van der Waals surface area contributed by atoms with Gasteiger partial charge in [0.1, 0.15) is 6.07 Å². The van der Waals surface area contributed by atoms with Gasteiger partial charge in [0.2, 0.25) is 0 Å². The van der Waals surface area contributed by atoms with Crippen LogP contribution in [-0.4, -0.2) is 22.9 Å². The third kappa shape index (κ3) is 3.70. The molecule has 0 aliphatic carbocycles. The van der Waals surface area contributed by atoms with Crippen molar-refractivity contribution in [2.45, 2.75) is 13.3 Å². The Morgan fingerprint density at radius 1 is 1.71 bits per heavy atom. The van der Waals surface area contributed by atoms with Gasteiger partial charge in [-0.3, -0.25) is 0 Å². The van der Waals surface area contributed by atoms with Crippen molar-refractivity contribution in [2.24, 2.45) is 10.7 Å². The van der Waals surface area contributed by atoms with Crippen LogP contribution in [0, 0.1) is 18.3 Å². The summed E-state index contributed by atoms with van der Waals surface area (Å²) < 4.78 is 0. The first-order chi connectivity index (χ1) is 8.21. The first-order valence-electron chi connectivity index (χ1n) is 5.13. The SMILES string of the molecule is Cc1cc(N=CC(=CN)CCO)ncc1C#N. The van der Waals surface area contributed by atoms with Gasteiger partial charge in [-0.25, -0.2) is 9.98 Å². The highest BCUT2D eigenvalue weighted by Crippen LogP contribution is 2.13. The molecule has 0 amide bonds. The van der Waals surface area contributed by atoms with Gasteiger partial charge in [-0.05, 0) is 36.7 Å². The highest BCUT2D eigenvalue weighted by Gasteiger charge is 1.99. The van der Waals surface area contributed by atoms with Crippen LogP contribution in [0.3, 0.4) is 0 Å². The summed E-state index contributed by atoms with van der Waals surface area (Å²) in [5.41, 5.74) is 7.47. The molecule has 0 saturated carbocycles. The van der Waals surface area contributed by atoms with E-state index in [4.69, 9.17) is 16.1 Å². The second kappa shape index (κ2) is 6.40. The van der Waals surface area contributed by atoms with E-state index in [-0.39, 0.29) is 6.61 Å². The third-order valence-electron chi connectivity index (χ3n) is 2.19. The molecule has 88 valence electrons. The Balaban J connectivity index is 2.86. The number of aliphatic hydroxyl groups is 1. The summed E-state index contributed by atoms with van der Waals surface area (Å²) in [5, 5.41) is 17.5. The van der Waals surface area contributed by atoms with Crippen LogP contribution in [0.5, 0.6) is 0 Å². The fourth-order valence-electron chi connectivity index (χ4n) is 1.20. The molecule has 0 spiro atoms. The number of rotatable bonds is 4. The summed E-state index contributed by atoms with van der Waals surface area (Å²) in [4.78, 5) is 8.15. The third-order valence-corrected chi connectivity index (χ3v) is 2.19. The van der Waals surface area contributed by atoms with Crippen LogP contribution >= 0.6 is 0 Å². The Kier molecular flexibility index (Phi) is 4.85. The molecule has 5 nitrogen and oxygen atoms in total. The van der Waals surface area contributed by atoms with Crippen molar-refractivity contribution in [3.8, 4) is 6.07 Å². The Labute approximate surface area is 99.9 Å². The quantitative estimate of drug-likeness (QED) is 0.759.